The number of esters is 1. The molecule has 0 heterocycles. The van der Waals surface area contributed by atoms with Crippen LogP contribution in [-0.2, 0) is 14.3 Å². The summed E-state index contributed by atoms with van der Waals surface area (Å²) in [4.78, 5) is 38.5. The minimum absolute atomic E-state index is 0.00840. The molecule has 0 bridgehead atoms. The smallest absolute Gasteiger partial charge is 0.342 e. The third-order valence-electron chi connectivity index (χ3n) is 4.83. The third-order valence-corrected chi connectivity index (χ3v) is 4.83. The molecule has 1 N–H and O–H groups in total. The zero-order valence-electron chi connectivity index (χ0n) is 18.9. The van der Waals surface area contributed by atoms with Crippen molar-refractivity contribution in [3.63, 3.8) is 0 Å². The van der Waals surface area contributed by atoms with E-state index in [4.69, 9.17) is 14.7 Å². The molecule has 2 amide bonds. The number of amides is 2. The van der Waals surface area contributed by atoms with Crippen LogP contribution in [0, 0.1) is 23.0 Å². The van der Waals surface area contributed by atoms with E-state index in [-0.39, 0.29) is 35.7 Å². The van der Waals surface area contributed by atoms with Crippen LogP contribution in [0.5, 0.6) is 5.75 Å². The van der Waals surface area contributed by atoms with E-state index in [1.54, 1.807) is 12.1 Å². The first kappa shape index (κ1) is 25.8. The second kappa shape index (κ2) is 12.6. The molecule has 0 saturated heterocycles. The lowest BCUT2D eigenvalue weighted by Crippen LogP contribution is -2.36. The minimum Gasteiger partial charge on any atom is -0.483 e. The summed E-state index contributed by atoms with van der Waals surface area (Å²) < 4.78 is 38.4. The predicted octanol–water partition coefficient (Wildman–Crippen LogP) is 4.09. The molecule has 3 rings (SSSR count). The number of nitrogens with one attached hydrogen (secondary N) is 1. The molecule has 0 spiro atoms. The van der Waals surface area contributed by atoms with Crippen molar-refractivity contribution in [3.8, 4) is 11.8 Å². The highest BCUT2D eigenvalue weighted by Gasteiger charge is 2.22. The van der Waals surface area contributed by atoms with Crippen LogP contribution >= 0.6 is 0 Å². The lowest BCUT2D eigenvalue weighted by Gasteiger charge is -2.22. The van der Waals surface area contributed by atoms with Crippen molar-refractivity contribution in [1.82, 2.24) is 0 Å². The van der Waals surface area contributed by atoms with Crippen molar-refractivity contribution in [2.24, 2.45) is 0 Å². The number of nitriles is 1. The van der Waals surface area contributed by atoms with E-state index < -0.39 is 42.6 Å². The van der Waals surface area contributed by atoms with Crippen LogP contribution in [0.15, 0.2) is 72.8 Å². The number of carbonyl (C=O) groups is 3. The number of benzene rings is 3. The number of carbonyl (C=O) groups excluding carboxylic acids is 3. The first-order chi connectivity index (χ1) is 17.4. The van der Waals surface area contributed by atoms with Gasteiger partial charge in [0.15, 0.2) is 13.2 Å². The third kappa shape index (κ3) is 6.87. The van der Waals surface area contributed by atoms with Crippen LogP contribution in [0.3, 0.4) is 0 Å². The summed E-state index contributed by atoms with van der Waals surface area (Å²) in [6, 6.07) is 18.9. The molecular formula is C26H21F2N3O5. The van der Waals surface area contributed by atoms with Gasteiger partial charge in [0.05, 0.1) is 23.9 Å². The van der Waals surface area contributed by atoms with Gasteiger partial charge in [-0.1, -0.05) is 36.4 Å². The van der Waals surface area contributed by atoms with Gasteiger partial charge in [-0.25, -0.2) is 13.6 Å². The molecule has 0 fully saturated rings. The van der Waals surface area contributed by atoms with Gasteiger partial charge in [-0.3, -0.25) is 9.59 Å². The quantitative estimate of drug-likeness (QED) is 0.426. The van der Waals surface area contributed by atoms with Gasteiger partial charge in [0, 0.05) is 6.54 Å². The molecule has 36 heavy (non-hydrogen) atoms. The van der Waals surface area contributed by atoms with Gasteiger partial charge >= 0.3 is 5.97 Å². The molecule has 3 aromatic carbocycles. The van der Waals surface area contributed by atoms with Crippen molar-refractivity contribution in [2.45, 2.75) is 6.42 Å². The van der Waals surface area contributed by atoms with E-state index in [1.807, 2.05) is 6.07 Å². The van der Waals surface area contributed by atoms with Crippen molar-refractivity contribution in [3.05, 3.63) is 90.0 Å². The number of para-hydroxylation sites is 3. The molecule has 8 nitrogen and oxygen atoms in total. The Morgan fingerprint density at radius 3 is 2.28 bits per heavy atom. The van der Waals surface area contributed by atoms with Crippen molar-refractivity contribution >= 4 is 29.2 Å². The van der Waals surface area contributed by atoms with Gasteiger partial charge in [-0.2, -0.15) is 5.26 Å². The van der Waals surface area contributed by atoms with Crippen LogP contribution in [-0.4, -0.2) is 37.5 Å². The highest BCUT2D eigenvalue weighted by Crippen LogP contribution is 2.21. The molecule has 0 aliphatic carbocycles. The fraction of sp³-hybridized carbons (Fsp3) is 0.154. The van der Waals surface area contributed by atoms with Gasteiger partial charge < -0.3 is 19.7 Å². The highest BCUT2D eigenvalue weighted by atomic mass is 19.1. The van der Waals surface area contributed by atoms with Crippen LogP contribution in [0.1, 0.15) is 16.8 Å². The van der Waals surface area contributed by atoms with Gasteiger partial charge in [-0.15, -0.1) is 0 Å². The monoisotopic (exact) mass is 493 g/mol. The molecule has 0 aliphatic rings. The second-order valence-corrected chi connectivity index (χ2v) is 7.29. The molecule has 0 aliphatic heterocycles. The topological polar surface area (TPSA) is 109 Å². The van der Waals surface area contributed by atoms with E-state index in [0.717, 1.165) is 4.90 Å². The Hall–Kier alpha value is -4.78. The number of nitrogens with zero attached hydrogens (tertiary/aromatic N) is 2. The Morgan fingerprint density at radius 2 is 1.56 bits per heavy atom. The number of rotatable bonds is 10. The van der Waals surface area contributed by atoms with Gasteiger partial charge in [-0.05, 0) is 36.4 Å². The van der Waals surface area contributed by atoms with Crippen molar-refractivity contribution < 1.29 is 32.6 Å². The SMILES string of the molecule is N#CCCN(C(=O)COC(=O)c1ccccc1OCC(=O)Nc1ccccc1F)c1ccccc1F. The normalized spacial score (nSPS) is 10.1. The molecule has 184 valence electrons. The van der Waals surface area contributed by atoms with Gasteiger partial charge in [0.25, 0.3) is 11.8 Å². The van der Waals surface area contributed by atoms with E-state index in [9.17, 15) is 23.2 Å². The first-order valence-electron chi connectivity index (χ1n) is 10.8. The lowest BCUT2D eigenvalue weighted by atomic mass is 10.2. The van der Waals surface area contributed by atoms with Crippen molar-refractivity contribution in [2.75, 3.05) is 30.0 Å². The lowest BCUT2D eigenvalue weighted by molar-refractivity contribution is -0.121. The van der Waals surface area contributed by atoms with E-state index >= 15 is 0 Å². The number of hydrogen-bond acceptors (Lipinski definition) is 6. The zero-order valence-corrected chi connectivity index (χ0v) is 18.9. The molecule has 10 heteroatoms. The second-order valence-electron chi connectivity index (χ2n) is 7.29. The maximum atomic E-state index is 14.2. The summed E-state index contributed by atoms with van der Waals surface area (Å²) in [5.41, 5.74) is -0.120. The van der Waals surface area contributed by atoms with Crippen LogP contribution in [0.25, 0.3) is 0 Å². The Labute approximate surface area is 205 Å². The highest BCUT2D eigenvalue weighted by molar-refractivity contribution is 5.98. The molecule has 0 atom stereocenters. The largest absolute Gasteiger partial charge is 0.483 e. The summed E-state index contributed by atoms with van der Waals surface area (Å²) in [6.07, 6.45) is -0.0559. The summed E-state index contributed by atoms with van der Waals surface area (Å²) in [7, 11) is 0. The number of anilines is 2. The van der Waals surface area contributed by atoms with E-state index in [0.29, 0.717) is 0 Å². The summed E-state index contributed by atoms with van der Waals surface area (Å²) in [6.45, 7) is -1.34. The first-order valence-corrected chi connectivity index (χ1v) is 10.8. The van der Waals surface area contributed by atoms with E-state index in [1.165, 1.54) is 60.7 Å². The summed E-state index contributed by atoms with van der Waals surface area (Å²) in [5, 5.41) is 11.2. The van der Waals surface area contributed by atoms with Gasteiger partial charge in [0.1, 0.15) is 22.9 Å². The summed E-state index contributed by atoms with van der Waals surface area (Å²) in [5.74, 6) is -3.57. The van der Waals surface area contributed by atoms with E-state index in [2.05, 4.69) is 5.32 Å². The minimum atomic E-state index is -0.915. The fourth-order valence-electron chi connectivity index (χ4n) is 3.15. The Morgan fingerprint density at radius 1 is 0.889 bits per heavy atom. The fourth-order valence-corrected chi connectivity index (χ4v) is 3.15. The van der Waals surface area contributed by atoms with Gasteiger partial charge in [0.2, 0.25) is 0 Å². The molecule has 3 aromatic rings. The molecule has 0 radical (unpaired) electrons. The average molecular weight is 493 g/mol. The van der Waals surface area contributed by atoms with Crippen LogP contribution in [0.2, 0.25) is 0 Å². The standard InChI is InChI=1S/C26H21F2N3O5/c27-19-9-2-4-11-21(19)30-24(32)16-35-23-13-6-1-8-18(23)26(34)36-17-25(33)31(15-7-14-29)22-12-5-3-10-20(22)28/h1-6,8-13H,7,15-17H2,(H,30,32). The average Bonchev–Trinajstić information content (AvgIpc) is 2.88. The summed E-state index contributed by atoms with van der Waals surface area (Å²) >= 11 is 0. The van der Waals surface area contributed by atoms with Crippen molar-refractivity contribution in [1.29, 1.82) is 5.26 Å². The Kier molecular flexibility index (Phi) is 9.06. The Balaban J connectivity index is 1.63. The zero-order chi connectivity index (χ0) is 25.9. The molecule has 0 aromatic heterocycles. The molecular weight excluding hydrogens is 472 g/mol. The predicted molar refractivity (Wildman–Crippen MR) is 126 cm³/mol. The molecule has 0 unspecified atom stereocenters. The number of ether oxygens (including phenoxy) is 2. The number of hydrogen-bond donors (Lipinski definition) is 1. The van der Waals surface area contributed by atoms with Crippen LogP contribution in [0.4, 0.5) is 20.2 Å². The molecule has 0 saturated carbocycles. The maximum Gasteiger partial charge on any atom is 0.342 e. The van der Waals surface area contributed by atoms with Crippen LogP contribution < -0.4 is 15.0 Å². The maximum absolute atomic E-state index is 14.2. The Bertz CT molecular complexity index is 1290. The number of halogens is 2.